The van der Waals surface area contributed by atoms with E-state index < -0.39 is 16.3 Å². The molecule has 7 heteroatoms. The van der Waals surface area contributed by atoms with Crippen LogP contribution in [-0.2, 0) is 14.9 Å². The van der Waals surface area contributed by atoms with Crippen molar-refractivity contribution in [3.05, 3.63) is 0 Å². The van der Waals surface area contributed by atoms with Crippen molar-refractivity contribution < 1.29 is 13.2 Å². The topological polar surface area (TPSA) is 82.4 Å². The monoisotopic (exact) mass is 205 g/mol. The molecular weight excluding hydrogens is 194 g/mol. The molecule has 1 fully saturated rings. The molecular formula is C6H11N3O3S. The van der Waals surface area contributed by atoms with Crippen molar-refractivity contribution >= 4 is 10.2 Å². The summed E-state index contributed by atoms with van der Waals surface area (Å²) in [5.74, 6) is 0. The smallest absolute Gasteiger partial charge is 0.279 e. The van der Waals surface area contributed by atoms with Crippen molar-refractivity contribution in [2.24, 2.45) is 0 Å². The molecule has 74 valence electrons. The van der Waals surface area contributed by atoms with Crippen LogP contribution in [0.4, 0.5) is 0 Å². The standard InChI is InChI=1S/C6H11N3O3S/c1-8-13(10,11)9-2-3-12-6(4-7)5-9/h6,8H,2-3,5H2,1H3. The lowest BCUT2D eigenvalue weighted by atomic mass is 10.3. The molecule has 1 aliphatic rings. The first kappa shape index (κ1) is 10.4. The van der Waals surface area contributed by atoms with Gasteiger partial charge in [-0.05, 0) is 0 Å². The van der Waals surface area contributed by atoms with Gasteiger partial charge in [-0.2, -0.15) is 18.0 Å². The maximum Gasteiger partial charge on any atom is 0.279 e. The molecule has 0 amide bonds. The van der Waals surface area contributed by atoms with Crippen LogP contribution in [0.2, 0.25) is 0 Å². The minimum Gasteiger partial charge on any atom is -0.361 e. The van der Waals surface area contributed by atoms with Crippen LogP contribution < -0.4 is 4.72 Å². The zero-order valence-electron chi connectivity index (χ0n) is 7.23. The van der Waals surface area contributed by atoms with Gasteiger partial charge < -0.3 is 4.74 Å². The second-order valence-electron chi connectivity index (χ2n) is 2.56. The van der Waals surface area contributed by atoms with Gasteiger partial charge in [0.2, 0.25) is 0 Å². The number of hydrogen-bond acceptors (Lipinski definition) is 4. The molecule has 0 aromatic rings. The normalized spacial score (nSPS) is 25.4. The van der Waals surface area contributed by atoms with Gasteiger partial charge >= 0.3 is 0 Å². The highest BCUT2D eigenvalue weighted by atomic mass is 32.2. The third kappa shape index (κ3) is 2.38. The maximum atomic E-state index is 11.3. The summed E-state index contributed by atoms with van der Waals surface area (Å²) in [7, 11) is -2.07. The van der Waals surface area contributed by atoms with Gasteiger partial charge in [0.15, 0.2) is 6.10 Å². The quantitative estimate of drug-likeness (QED) is 0.606. The molecule has 1 atom stereocenters. The summed E-state index contributed by atoms with van der Waals surface area (Å²) in [4.78, 5) is 0. The molecule has 1 rings (SSSR count). The van der Waals surface area contributed by atoms with Crippen LogP contribution in [0.1, 0.15) is 0 Å². The molecule has 1 saturated heterocycles. The molecule has 1 unspecified atom stereocenters. The van der Waals surface area contributed by atoms with Crippen LogP contribution in [-0.4, -0.2) is 45.6 Å². The van der Waals surface area contributed by atoms with Crippen LogP contribution >= 0.6 is 0 Å². The van der Waals surface area contributed by atoms with Crippen molar-refractivity contribution in [1.82, 2.24) is 9.03 Å². The predicted molar refractivity (Wildman–Crippen MR) is 44.9 cm³/mol. The van der Waals surface area contributed by atoms with Crippen LogP contribution in [0, 0.1) is 11.3 Å². The third-order valence-electron chi connectivity index (χ3n) is 1.77. The number of morpholine rings is 1. The number of hydrogen-bond donors (Lipinski definition) is 1. The van der Waals surface area contributed by atoms with Gasteiger partial charge in [0, 0.05) is 13.6 Å². The van der Waals surface area contributed by atoms with Gasteiger partial charge in [-0.3, -0.25) is 0 Å². The van der Waals surface area contributed by atoms with Gasteiger partial charge in [-0.1, -0.05) is 0 Å². The number of nitrogens with zero attached hydrogens (tertiary/aromatic N) is 2. The fourth-order valence-electron chi connectivity index (χ4n) is 1.05. The summed E-state index contributed by atoms with van der Waals surface area (Å²) < 4.78 is 30.9. The highest BCUT2D eigenvalue weighted by Crippen LogP contribution is 2.07. The van der Waals surface area contributed by atoms with Gasteiger partial charge in [0.05, 0.1) is 19.2 Å². The zero-order chi connectivity index (χ0) is 9.90. The Labute approximate surface area is 77.3 Å². The molecule has 13 heavy (non-hydrogen) atoms. The van der Waals surface area contributed by atoms with E-state index in [-0.39, 0.29) is 13.2 Å². The predicted octanol–water partition coefficient (Wildman–Crippen LogP) is -1.33. The van der Waals surface area contributed by atoms with Gasteiger partial charge in [0.1, 0.15) is 0 Å². The van der Waals surface area contributed by atoms with Gasteiger partial charge in [0.25, 0.3) is 10.2 Å². The Bertz CT molecular complexity index is 308. The number of rotatable bonds is 2. The van der Waals surface area contributed by atoms with Gasteiger partial charge in [-0.15, -0.1) is 0 Å². The highest BCUT2D eigenvalue weighted by Gasteiger charge is 2.27. The Morgan fingerprint density at radius 1 is 1.69 bits per heavy atom. The molecule has 0 bridgehead atoms. The molecule has 0 aromatic carbocycles. The Kier molecular flexibility index (Phi) is 3.22. The Morgan fingerprint density at radius 3 is 2.92 bits per heavy atom. The van der Waals surface area contributed by atoms with E-state index >= 15 is 0 Å². The second-order valence-corrected chi connectivity index (χ2v) is 4.43. The molecule has 1 N–H and O–H groups in total. The van der Waals surface area contributed by atoms with Gasteiger partial charge in [-0.25, -0.2) is 4.72 Å². The molecule has 0 aliphatic carbocycles. The third-order valence-corrected chi connectivity index (χ3v) is 3.30. The summed E-state index contributed by atoms with van der Waals surface area (Å²) in [5, 5.41) is 8.53. The average molecular weight is 205 g/mol. The van der Waals surface area contributed by atoms with Crippen molar-refractivity contribution in [3.63, 3.8) is 0 Å². The number of nitrogens with one attached hydrogen (secondary N) is 1. The van der Waals surface area contributed by atoms with E-state index in [9.17, 15) is 8.42 Å². The lowest BCUT2D eigenvalue weighted by molar-refractivity contribution is 0.0308. The molecule has 0 saturated carbocycles. The maximum absolute atomic E-state index is 11.3. The lowest BCUT2D eigenvalue weighted by Gasteiger charge is -2.28. The average Bonchev–Trinajstić information content (AvgIpc) is 2.18. The molecule has 0 aromatic heterocycles. The lowest BCUT2D eigenvalue weighted by Crippen LogP contribution is -2.48. The molecule has 0 radical (unpaired) electrons. The van der Waals surface area contributed by atoms with Crippen LogP contribution in [0.25, 0.3) is 0 Å². The van der Waals surface area contributed by atoms with Crippen molar-refractivity contribution in [3.8, 4) is 6.07 Å². The fraction of sp³-hybridized carbons (Fsp3) is 0.833. The Morgan fingerprint density at radius 2 is 2.38 bits per heavy atom. The number of ether oxygens (including phenoxy) is 1. The van der Waals surface area contributed by atoms with Crippen molar-refractivity contribution in [1.29, 1.82) is 5.26 Å². The summed E-state index contributed by atoms with van der Waals surface area (Å²) in [6, 6.07) is 1.87. The largest absolute Gasteiger partial charge is 0.361 e. The minimum absolute atomic E-state index is 0.0969. The van der Waals surface area contributed by atoms with E-state index in [0.717, 1.165) is 0 Å². The minimum atomic E-state index is -3.41. The van der Waals surface area contributed by atoms with E-state index in [0.29, 0.717) is 6.54 Å². The fourth-order valence-corrected chi connectivity index (χ4v) is 1.96. The van der Waals surface area contributed by atoms with E-state index in [1.165, 1.54) is 11.4 Å². The number of nitriles is 1. The molecule has 1 heterocycles. The van der Waals surface area contributed by atoms with Crippen molar-refractivity contribution in [2.75, 3.05) is 26.7 Å². The summed E-state index contributed by atoms with van der Waals surface area (Å²) in [5.41, 5.74) is 0. The van der Waals surface area contributed by atoms with E-state index in [4.69, 9.17) is 10.00 Å². The summed E-state index contributed by atoms with van der Waals surface area (Å²) in [6.45, 7) is 0.653. The highest BCUT2D eigenvalue weighted by molar-refractivity contribution is 7.87. The zero-order valence-corrected chi connectivity index (χ0v) is 8.04. The van der Waals surface area contributed by atoms with E-state index in [1.54, 1.807) is 0 Å². The SMILES string of the molecule is CNS(=O)(=O)N1CCOC(C#N)C1. The summed E-state index contributed by atoms with van der Waals surface area (Å²) in [6.07, 6.45) is -0.656. The van der Waals surface area contributed by atoms with Crippen LogP contribution in [0.5, 0.6) is 0 Å². The first-order chi connectivity index (χ1) is 6.10. The van der Waals surface area contributed by atoms with E-state index in [2.05, 4.69) is 4.72 Å². The second kappa shape index (κ2) is 4.02. The first-order valence-electron chi connectivity index (χ1n) is 3.80. The van der Waals surface area contributed by atoms with Crippen molar-refractivity contribution in [2.45, 2.75) is 6.10 Å². The first-order valence-corrected chi connectivity index (χ1v) is 5.24. The Balaban J connectivity index is 2.68. The van der Waals surface area contributed by atoms with Crippen LogP contribution in [0.3, 0.4) is 0 Å². The van der Waals surface area contributed by atoms with E-state index in [1.807, 2.05) is 6.07 Å². The molecule has 6 nitrogen and oxygen atoms in total. The summed E-state index contributed by atoms with van der Waals surface area (Å²) >= 11 is 0. The van der Waals surface area contributed by atoms with Crippen LogP contribution in [0.15, 0.2) is 0 Å². The molecule has 1 aliphatic heterocycles. The molecule has 0 spiro atoms. The Hall–Kier alpha value is -0.680.